The van der Waals surface area contributed by atoms with Gasteiger partial charge in [0.15, 0.2) is 21.8 Å². The van der Waals surface area contributed by atoms with Crippen molar-refractivity contribution >= 4 is 35.0 Å². The highest BCUT2D eigenvalue weighted by atomic mass is 35.5. The van der Waals surface area contributed by atoms with Gasteiger partial charge in [0.05, 0.1) is 13.2 Å². The quantitative estimate of drug-likeness (QED) is 0.684. The van der Waals surface area contributed by atoms with E-state index in [2.05, 4.69) is 11.1 Å². The highest BCUT2D eigenvalue weighted by Crippen LogP contribution is 2.33. The second-order valence-electron chi connectivity index (χ2n) is 5.77. The molecule has 1 heterocycles. The molecule has 0 N–H and O–H groups in total. The number of hydrogen-bond acceptors (Lipinski definition) is 4. The first kappa shape index (κ1) is 17.7. The normalized spacial score (nSPS) is 15.2. The molecule has 0 spiro atoms. The number of nitriles is 1. The predicted molar refractivity (Wildman–Crippen MR) is 97.9 cm³/mol. The Morgan fingerprint density at radius 2 is 2.08 bits per heavy atom. The summed E-state index contributed by atoms with van der Waals surface area (Å²) in [5, 5.41) is 9.80. The number of halogens is 2. The lowest BCUT2D eigenvalue weighted by Gasteiger charge is -2.16. The highest BCUT2D eigenvalue weighted by molar-refractivity contribution is 6.40. The standard InChI is InChI=1S/C18H17Cl2N3O2/c1-24-15-7-6-12(9-16(15)25-14-4-2-3-5-14)8-13(10-21)23-11-22-17(19)18(23)20/h6-9,11,14H,2-5H2,1H3/b13-8+. The number of methoxy groups -OCH3 is 1. The predicted octanol–water partition coefficient (Wildman–Crippen LogP) is 5.04. The number of aromatic nitrogens is 2. The molecule has 0 saturated heterocycles. The monoisotopic (exact) mass is 377 g/mol. The third-order valence-electron chi connectivity index (χ3n) is 4.13. The molecule has 130 valence electrons. The molecule has 0 aliphatic heterocycles. The maximum atomic E-state index is 9.45. The number of hydrogen-bond donors (Lipinski definition) is 0. The molecule has 0 radical (unpaired) electrons. The first-order valence-corrected chi connectivity index (χ1v) is 8.73. The first-order chi connectivity index (χ1) is 12.1. The van der Waals surface area contributed by atoms with Gasteiger partial charge in [0, 0.05) is 0 Å². The smallest absolute Gasteiger partial charge is 0.166 e. The maximum Gasteiger partial charge on any atom is 0.166 e. The molecule has 5 nitrogen and oxygen atoms in total. The summed E-state index contributed by atoms with van der Waals surface area (Å²) >= 11 is 11.9. The van der Waals surface area contributed by atoms with Crippen LogP contribution in [-0.2, 0) is 0 Å². The van der Waals surface area contributed by atoms with Crippen LogP contribution in [0.5, 0.6) is 11.5 Å². The third kappa shape index (κ3) is 3.92. The van der Waals surface area contributed by atoms with Crippen LogP contribution in [0.4, 0.5) is 0 Å². The molecular weight excluding hydrogens is 361 g/mol. The summed E-state index contributed by atoms with van der Waals surface area (Å²) in [6.45, 7) is 0. The van der Waals surface area contributed by atoms with Crippen LogP contribution >= 0.6 is 23.2 Å². The van der Waals surface area contributed by atoms with Crippen LogP contribution in [-0.4, -0.2) is 22.8 Å². The number of rotatable bonds is 5. The van der Waals surface area contributed by atoms with E-state index >= 15 is 0 Å². The van der Waals surface area contributed by atoms with Gasteiger partial charge in [0.25, 0.3) is 0 Å². The fraction of sp³-hybridized carbons (Fsp3) is 0.333. The van der Waals surface area contributed by atoms with E-state index in [1.807, 2.05) is 18.2 Å². The van der Waals surface area contributed by atoms with E-state index in [0.717, 1.165) is 18.4 Å². The SMILES string of the molecule is COc1ccc(/C=C(\C#N)n2cnc(Cl)c2Cl)cc1OC1CCCC1. The molecule has 1 aromatic heterocycles. The van der Waals surface area contributed by atoms with Crippen molar-refractivity contribution in [2.75, 3.05) is 7.11 Å². The molecule has 0 amide bonds. The summed E-state index contributed by atoms with van der Waals surface area (Å²) in [6, 6.07) is 7.65. The Kier molecular flexibility index (Phi) is 5.52. The van der Waals surface area contributed by atoms with Crippen molar-refractivity contribution in [3.05, 3.63) is 40.4 Å². The summed E-state index contributed by atoms with van der Waals surface area (Å²) in [5.74, 6) is 1.35. The fourth-order valence-electron chi connectivity index (χ4n) is 2.85. The van der Waals surface area contributed by atoms with Crippen LogP contribution in [0.2, 0.25) is 10.3 Å². The molecule has 7 heteroatoms. The molecule has 0 atom stereocenters. The van der Waals surface area contributed by atoms with Gasteiger partial charge >= 0.3 is 0 Å². The Balaban J connectivity index is 1.93. The van der Waals surface area contributed by atoms with E-state index in [0.29, 0.717) is 17.2 Å². The summed E-state index contributed by atoms with van der Waals surface area (Å²) < 4.78 is 12.9. The van der Waals surface area contributed by atoms with Gasteiger partial charge in [-0.25, -0.2) is 4.98 Å². The lowest BCUT2D eigenvalue weighted by atomic mass is 10.1. The number of benzene rings is 1. The summed E-state index contributed by atoms with van der Waals surface area (Å²) in [5.41, 5.74) is 1.10. The minimum Gasteiger partial charge on any atom is -0.493 e. The van der Waals surface area contributed by atoms with Crippen molar-refractivity contribution in [1.29, 1.82) is 5.26 Å². The van der Waals surface area contributed by atoms with Gasteiger partial charge in [-0.1, -0.05) is 29.3 Å². The third-order valence-corrected chi connectivity index (χ3v) is 4.86. The molecular formula is C18H17Cl2N3O2. The van der Waals surface area contributed by atoms with Gasteiger partial charge < -0.3 is 9.47 Å². The van der Waals surface area contributed by atoms with E-state index in [1.54, 1.807) is 13.2 Å². The van der Waals surface area contributed by atoms with Crippen molar-refractivity contribution in [2.45, 2.75) is 31.8 Å². The van der Waals surface area contributed by atoms with Gasteiger partial charge in [-0.2, -0.15) is 5.26 Å². The maximum absolute atomic E-state index is 9.45. The molecule has 1 aliphatic carbocycles. The molecule has 1 saturated carbocycles. The Labute approximate surface area is 156 Å². The van der Waals surface area contributed by atoms with Crippen molar-refractivity contribution in [3.63, 3.8) is 0 Å². The average molecular weight is 378 g/mol. The second-order valence-corrected chi connectivity index (χ2v) is 6.49. The van der Waals surface area contributed by atoms with Crippen LogP contribution in [0.1, 0.15) is 31.2 Å². The number of nitrogens with zero attached hydrogens (tertiary/aromatic N) is 3. The minimum absolute atomic E-state index is 0.155. The summed E-state index contributed by atoms with van der Waals surface area (Å²) in [6.07, 6.45) is 7.80. The van der Waals surface area contributed by atoms with Gasteiger partial charge in [0.1, 0.15) is 18.1 Å². The molecule has 3 rings (SSSR count). The Morgan fingerprint density at radius 3 is 2.68 bits per heavy atom. The zero-order valence-corrected chi connectivity index (χ0v) is 15.2. The van der Waals surface area contributed by atoms with Gasteiger partial charge in [0.2, 0.25) is 0 Å². The molecule has 1 aromatic carbocycles. The lowest BCUT2D eigenvalue weighted by molar-refractivity contribution is 0.201. The largest absolute Gasteiger partial charge is 0.493 e. The molecule has 1 fully saturated rings. The van der Waals surface area contributed by atoms with Gasteiger partial charge in [-0.3, -0.25) is 4.57 Å². The number of imidazole rings is 1. The first-order valence-electron chi connectivity index (χ1n) is 7.97. The molecule has 1 aliphatic rings. The average Bonchev–Trinajstić information content (AvgIpc) is 3.24. The van der Waals surface area contributed by atoms with Crippen LogP contribution in [0.25, 0.3) is 11.8 Å². The molecule has 2 aromatic rings. The van der Waals surface area contributed by atoms with E-state index in [1.165, 1.54) is 23.7 Å². The van der Waals surface area contributed by atoms with Crippen molar-refractivity contribution in [2.24, 2.45) is 0 Å². The Morgan fingerprint density at radius 1 is 1.32 bits per heavy atom. The van der Waals surface area contributed by atoms with E-state index in [-0.39, 0.29) is 16.4 Å². The summed E-state index contributed by atoms with van der Waals surface area (Å²) in [7, 11) is 1.61. The molecule has 0 unspecified atom stereocenters. The van der Waals surface area contributed by atoms with Crippen LogP contribution in [0.15, 0.2) is 24.5 Å². The van der Waals surface area contributed by atoms with Crippen molar-refractivity contribution in [3.8, 4) is 17.6 Å². The number of allylic oxidation sites excluding steroid dienone is 1. The Hall–Kier alpha value is -2.16. The van der Waals surface area contributed by atoms with Gasteiger partial charge in [-0.05, 0) is 49.5 Å². The minimum atomic E-state index is 0.155. The van der Waals surface area contributed by atoms with Gasteiger partial charge in [-0.15, -0.1) is 0 Å². The van der Waals surface area contributed by atoms with E-state index in [4.69, 9.17) is 32.7 Å². The van der Waals surface area contributed by atoms with E-state index in [9.17, 15) is 5.26 Å². The topological polar surface area (TPSA) is 60.1 Å². The highest BCUT2D eigenvalue weighted by Gasteiger charge is 2.18. The van der Waals surface area contributed by atoms with Crippen LogP contribution in [0, 0.1) is 11.3 Å². The Bertz CT molecular complexity index is 833. The van der Waals surface area contributed by atoms with Crippen LogP contribution in [0.3, 0.4) is 0 Å². The fourth-order valence-corrected chi connectivity index (χ4v) is 3.17. The van der Waals surface area contributed by atoms with Crippen LogP contribution < -0.4 is 9.47 Å². The summed E-state index contributed by atoms with van der Waals surface area (Å²) in [4.78, 5) is 3.90. The number of ether oxygens (including phenoxy) is 2. The van der Waals surface area contributed by atoms with Crippen molar-refractivity contribution in [1.82, 2.24) is 9.55 Å². The zero-order chi connectivity index (χ0) is 17.8. The zero-order valence-electron chi connectivity index (χ0n) is 13.7. The van der Waals surface area contributed by atoms with E-state index < -0.39 is 0 Å². The van der Waals surface area contributed by atoms with Crippen molar-refractivity contribution < 1.29 is 9.47 Å². The molecule has 0 bridgehead atoms. The second kappa shape index (κ2) is 7.81. The lowest BCUT2D eigenvalue weighted by Crippen LogP contribution is -2.11. The molecule has 25 heavy (non-hydrogen) atoms.